The number of carbonyl (C=O) groups excluding carboxylic acids is 3. The number of nitrogens with one attached hydrogen (secondary N) is 1. The molecule has 0 bridgehead atoms. The van der Waals surface area contributed by atoms with Gasteiger partial charge >= 0.3 is 4.87 Å². The number of imide groups is 1. The second-order valence-corrected chi connectivity index (χ2v) is 11.6. The van der Waals surface area contributed by atoms with Gasteiger partial charge in [-0.25, -0.2) is 4.90 Å². The summed E-state index contributed by atoms with van der Waals surface area (Å²) in [4.78, 5) is 68.7. The third-order valence-corrected chi connectivity index (χ3v) is 9.49. The van der Waals surface area contributed by atoms with E-state index in [1.54, 1.807) is 29.2 Å². The number of H-pyrrole nitrogens is 1. The maximum Gasteiger partial charge on any atom is 0.305 e. The molecule has 0 aliphatic carbocycles. The summed E-state index contributed by atoms with van der Waals surface area (Å²) in [6.45, 7) is 1.80. The van der Waals surface area contributed by atoms with E-state index in [-0.39, 0.29) is 28.8 Å². The molecule has 2 fully saturated rings. The molecule has 6 rings (SSSR count). The van der Waals surface area contributed by atoms with Crippen molar-refractivity contribution >= 4 is 52.2 Å². The highest BCUT2D eigenvalue weighted by atomic mass is 32.2. The Morgan fingerprint density at radius 2 is 1.85 bits per heavy atom. The summed E-state index contributed by atoms with van der Waals surface area (Å²) in [5.41, 5.74) is 0.746. The van der Waals surface area contributed by atoms with Crippen molar-refractivity contribution in [1.29, 1.82) is 0 Å². The number of ether oxygens (including phenoxy) is 2. The van der Waals surface area contributed by atoms with Gasteiger partial charge < -0.3 is 19.4 Å². The molecule has 0 spiro atoms. The van der Waals surface area contributed by atoms with Crippen molar-refractivity contribution in [2.45, 2.75) is 16.2 Å². The molecule has 206 valence electrons. The molecule has 3 amide bonds. The van der Waals surface area contributed by atoms with E-state index in [0.29, 0.717) is 47.5 Å². The molecule has 40 heavy (non-hydrogen) atoms. The van der Waals surface area contributed by atoms with Gasteiger partial charge in [0.25, 0.3) is 11.6 Å². The molecule has 2 saturated heterocycles. The van der Waals surface area contributed by atoms with Gasteiger partial charge in [0.2, 0.25) is 11.8 Å². The number of hydrogen-bond donors (Lipinski definition) is 1. The fraction of sp³-hybridized carbons (Fsp3) is 0.308. The topological polar surface area (TPSA) is 152 Å². The zero-order valence-electron chi connectivity index (χ0n) is 20.8. The van der Waals surface area contributed by atoms with Crippen LogP contribution in [0.25, 0.3) is 0 Å². The Bertz CT molecular complexity index is 1560. The normalized spacial score (nSPS) is 22.1. The van der Waals surface area contributed by atoms with E-state index in [9.17, 15) is 29.3 Å². The van der Waals surface area contributed by atoms with Crippen LogP contribution < -0.4 is 14.5 Å². The molecule has 0 saturated carbocycles. The van der Waals surface area contributed by atoms with Gasteiger partial charge in [-0.05, 0) is 29.8 Å². The molecule has 12 nitrogen and oxygen atoms in total. The van der Waals surface area contributed by atoms with Crippen LogP contribution in [0.5, 0.6) is 5.75 Å². The quantitative estimate of drug-likeness (QED) is 0.262. The van der Waals surface area contributed by atoms with E-state index in [0.717, 1.165) is 28.0 Å². The Labute approximate surface area is 235 Å². The molecule has 3 aliphatic heterocycles. The zero-order valence-corrected chi connectivity index (χ0v) is 22.4. The van der Waals surface area contributed by atoms with Crippen molar-refractivity contribution in [3.8, 4) is 5.75 Å². The Morgan fingerprint density at radius 1 is 1.10 bits per heavy atom. The van der Waals surface area contributed by atoms with Gasteiger partial charge in [0, 0.05) is 36.0 Å². The molecular formula is C26H22N4O8S2. The number of morpholine rings is 1. The van der Waals surface area contributed by atoms with Crippen LogP contribution in [-0.4, -0.2) is 70.7 Å². The smallest absolute Gasteiger partial charge is 0.305 e. The van der Waals surface area contributed by atoms with Gasteiger partial charge in [-0.15, -0.1) is 0 Å². The van der Waals surface area contributed by atoms with Crippen molar-refractivity contribution in [3.63, 3.8) is 0 Å². The Balaban J connectivity index is 1.31. The van der Waals surface area contributed by atoms with E-state index in [1.165, 1.54) is 24.3 Å². The van der Waals surface area contributed by atoms with E-state index < -0.39 is 33.8 Å². The minimum atomic E-state index is -0.822. The van der Waals surface area contributed by atoms with Crippen LogP contribution in [0, 0.1) is 16.0 Å². The number of anilines is 1. The summed E-state index contributed by atoms with van der Waals surface area (Å²) in [5, 5.41) is 10.8. The Hall–Kier alpha value is -4.01. The molecule has 1 aromatic heterocycles. The highest BCUT2D eigenvalue weighted by Gasteiger charge is 2.56. The van der Waals surface area contributed by atoms with Crippen molar-refractivity contribution < 1.29 is 28.8 Å². The van der Waals surface area contributed by atoms with E-state index in [1.807, 2.05) is 0 Å². The van der Waals surface area contributed by atoms with Crippen LogP contribution in [0.15, 0.2) is 58.4 Å². The first-order valence-corrected chi connectivity index (χ1v) is 14.1. The number of fused-ring (bicyclic) bond motifs is 2. The maximum atomic E-state index is 13.8. The lowest BCUT2D eigenvalue weighted by Gasteiger charge is -2.30. The van der Waals surface area contributed by atoms with Crippen LogP contribution in [0.1, 0.15) is 16.4 Å². The van der Waals surface area contributed by atoms with Gasteiger partial charge in [0.15, 0.2) is 6.61 Å². The second-order valence-electron chi connectivity index (χ2n) is 9.39. The number of nitrogens with zero attached hydrogens (tertiary/aromatic N) is 3. The SMILES string of the molecule is O=C(COc1cccc([C@H]2c3sc(=O)[nH]c3SC3C(=O)N(c4ccc([N+](=O)[O-])cc4)C(=O)C32)c1)N1CCOCC1. The van der Waals surface area contributed by atoms with E-state index in [4.69, 9.17) is 9.47 Å². The number of aromatic nitrogens is 1. The van der Waals surface area contributed by atoms with Crippen LogP contribution in [0.2, 0.25) is 0 Å². The molecular weight excluding hydrogens is 560 g/mol. The minimum Gasteiger partial charge on any atom is -0.484 e. The van der Waals surface area contributed by atoms with Crippen LogP contribution in [-0.2, 0) is 19.1 Å². The molecule has 2 unspecified atom stereocenters. The average Bonchev–Trinajstić information content (AvgIpc) is 3.46. The van der Waals surface area contributed by atoms with Gasteiger partial charge in [-0.1, -0.05) is 35.2 Å². The number of carbonyl (C=O) groups is 3. The lowest BCUT2D eigenvalue weighted by molar-refractivity contribution is -0.384. The fourth-order valence-corrected chi connectivity index (χ4v) is 7.72. The number of aromatic amines is 1. The first-order valence-electron chi connectivity index (χ1n) is 12.4. The number of nitro groups is 1. The summed E-state index contributed by atoms with van der Waals surface area (Å²) < 4.78 is 11.1. The van der Waals surface area contributed by atoms with Crippen molar-refractivity contribution in [3.05, 3.63) is 78.8 Å². The van der Waals surface area contributed by atoms with E-state index >= 15 is 0 Å². The minimum absolute atomic E-state index is 0.156. The first-order chi connectivity index (χ1) is 19.3. The van der Waals surface area contributed by atoms with Crippen molar-refractivity contribution in [1.82, 2.24) is 9.88 Å². The summed E-state index contributed by atoms with van der Waals surface area (Å²) in [5.74, 6) is -2.10. The number of nitro benzene ring substituents is 1. The largest absolute Gasteiger partial charge is 0.484 e. The number of non-ortho nitro benzene ring substituents is 1. The number of rotatable bonds is 6. The summed E-state index contributed by atoms with van der Waals surface area (Å²) >= 11 is 2.13. The highest BCUT2D eigenvalue weighted by molar-refractivity contribution is 8.00. The molecule has 0 radical (unpaired) electrons. The monoisotopic (exact) mass is 582 g/mol. The number of benzene rings is 2. The summed E-state index contributed by atoms with van der Waals surface area (Å²) in [6.07, 6.45) is 0. The zero-order chi connectivity index (χ0) is 28.0. The van der Waals surface area contributed by atoms with Crippen molar-refractivity contribution in [2.75, 3.05) is 37.8 Å². The third kappa shape index (κ3) is 4.67. The van der Waals surface area contributed by atoms with Gasteiger partial charge in [0.05, 0.1) is 34.8 Å². The molecule has 3 aliphatic rings. The van der Waals surface area contributed by atoms with Gasteiger partial charge in [-0.2, -0.15) is 0 Å². The predicted molar refractivity (Wildman–Crippen MR) is 145 cm³/mol. The first kappa shape index (κ1) is 26.2. The predicted octanol–water partition coefficient (Wildman–Crippen LogP) is 2.38. The van der Waals surface area contributed by atoms with Crippen LogP contribution >= 0.6 is 23.1 Å². The molecule has 3 aromatic rings. The summed E-state index contributed by atoms with van der Waals surface area (Å²) in [6, 6.07) is 12.2. The molecule has 2 aromatic carbocycles. The fourth-order valence-electron chi connectivity index (χ4n) is 5.20. The lowest BCUT2D eigenvalue weighted by Crippen LogP contribution is -2.42. The highest BCUT2D eigenvalue weighted by Crippen LogP contribution is 2.53. The molecule has 3 atom stereocenters. The standard InChI is InChI=1S/C26H22N4O8S2/c31-18(28-8-10-37-11-9-28)13-38-17-3-1-2-14(12-17)19-20-22(39-23-21(19)40-26(34)27-23)25(33)29(24(20)32)15-4-6-16(7-5-15)30(35)36/h1-7,12,19-20,22H,8-11,13H2,(H,27,34)/t19-,20?,22?/m1/s1. The number of amides is 3. The van der Waals surface area contributed by atoms with Crippen molar-refractivity contribution in [2.24, 2.45) is 5.92 Å². The Kier molecular flexibility index (Phi) is 6.90. The third-order valence-electron chi connectivity index (χ3n) is 7.09. The van der Waals surface area contributed by atoms with Crippen LogP contribution in [0.3, 0.4) is 0 Å². The number of thiazole rings is 1. The second kappa shape index (κ2) is 10.5. The molecule has 14 heteroatoms. The average molecular weight is 583 g/mol. The van der Waals surface area contributed by atoms with Gasteiger partial charge in [-0.3, -0.25) is 29.3 Å². The molecule has 4 heterocycles. The lowest BCUT2D eigenvalue weighted by atomic mass is 9.83. The van der Waals surface area contributed by atoms with E-state index in [2.05, 4.69) is 4.98 Å². The van der Waals surface area contributed by atoms with Crippen LogP contribution in [0.4, 0.5) is 11.4 Å². The maximum absolute atomic E-state index is 13.8. The summed E-state index contributed by atoms with van der Waals surface area (Å²) in [7, 11) is 0. The number of hydrogen-bond acceptors (Lipinski definition) is 10. The Morgan fingerprint density at radius 3 is 2.58 bits per heavy atom. The van der Waals surface area contributed by atoms with Gasteiger partial charge in [0.1, 0.15) is 11.0 Å². The molecule has 1 N–H and O–H groups in total. The number of thioether (sulfide) groups is 1.